The maximum absolute atomic E-state index is 13.4. The van der Waals surface area contributed by atoms with E-state index in [-0.39, 0.29) is 18.7 Å². The molecule has 1 aliphatic rings. The molecular weight excluding hydrogens is 461 g/mol. The number of nitrogens with one attached hydrogen (secondary N) is 1. The number of rotatable bonds is 7. The predicted octanol–water partition coefficient (Wildman–Crippen LogP) is 4.85. The summed E-state index contributed by atoms with van der Waals surface area (Å²) in [6, 6.07) is 17.0. The Morgan fingerprint density at radius 3 is 2.26 bits per heavy atom. The number of methoxy groups -OCH3 is 1. The van der Waals surface area contributed by atoms with E-state index < -0.39 is 29.7 Å². The summed E-state index contributed by atoms with van der Waals surface area (Å²) >= 11 is 5.88. The van der Waals surface area contributed by atoms with Gasteiger partial charge in [-0.1, -0.05) is 23.7 Å². The van der Waals surface area contributed by atoms with Crippen LogP contribution in [0.2, 0.25) is 5.02 Å². The van der Waals surface area contributed by atoms with Crippen LogP contribution in [-0.2, 0) is 16.1 Å². The van der Waals surface area contributed by atoms with Crippen molar-refractivity contribution in [3.05, 3.63) is 89.2 Å². The lowest BCUT2D eigenvalue weighted by Gasteiger charge is -2.22. The van der Waals surface area contributed by atoms with Gasteiger partial charge in [0.05, 0.1) is 19.2 Å². The normalized spacial score (nSPS) is 15.6. The molecule has 3 aromatic rings. The Hall–Kier alpha value is -3.91. The van der Waals surface area contributed by atoms with E-state index in [9.17, 15) is 18.8 Å². The Balaban J connectivity index is 1.59. The standard InChI is InChI=1S/C25H21ClFN3O4/c1-34-21-12-2-16(3-13-21)15-29-22(14-23(31)28-19-8-4-17(26)5-9-19)24(32)30(25(29)33)20-10-6-18(27)7-11-20/h2-13,22H,14-15H2,1H3,(H,28,31). The Morgan fingerprint density at radius 1 is 1.00 bits per heavy atom. The number of imide groups is 1. The number of urea groups is 1. The molecule has 0 aliphatic carbocycles. The van der Waals surface area contributed by atoms with Crippen LogP contribution in [0.4, 0.5) is 20.6 Å². The van der Waals surface area contributed by atoms with Crippen molar-refractivity contribution in [1.82, 2.24) is 4.90 Å². The molecule has 1 fully saturated rings. The van der Waals surface area contributed by atoms with Gasteiger partial charge < -0.3 is 15.0 Å². The molecule has 0 aromatic heterocycles. The molecule has 1 N–H and O–H groups in total. The van der Waals surface area contributed by atoms with Gasteiger partial charge in [-0.05, 0) is 66.2 Å². The second-order valence-corrected chi connectivity index (χ2v) is 8.12. The third-order valence-corrected chi connectivity index (χ3v) is 5.67. The summed E-state index contributed by atoms with van der Waals surface area (Å²) in [4.78, 5) is 41.6. The molecule has 0 radical (unpaired) electrons. The molecule has 3 aromatic carbocycles. The minimum absolute atomic E-state index is 0.102. The summed E-state index contributed by atoms with van der Waals surface area (Å²) in [5.41, 5.74) is 1.51. The molecule has 4 rings (SSSR count). The lowest BCUT2D eigenvalue weighted by atomic mass is 10.1. The van der Waals surface area contributed by atoms with Crippen LogP contribution in [0.1, 0.15) is 12.0 Å². The molecule has 9 heteroatoms. The number of carbonyl (C=O) groups is 3. The smallest absolute Gasteiger partial charge is 0.332 e. The second kappa shape index (κ2) is 9.93. The van der Waals surface area contributed by atoms with E-state index in [0.717, 1.165) is 10.5 Å². The van der Waals surface area contributed by atoms with Gasteiger partial charge in [0.2, 0.25) is 5.91 Å². The number of hydrogen-bond acceptors (Lipinski definition) is 4. The molecule has 1 aliphatic heterocycles. The van der Waals surface area contributed by atoms with Gasteiger partial charge in [-0.2, -0.15) is 0 Å². The zero-order chi connectivity index (χ0) is 24.2. The Kier molecular flexibility index (Phi) is 6.79. The van der Waals surface area contributed by atoms with Gasteiger partial charge in [-0.25, -0.2) is 14.1 Å². The maximum atomic E-state index is 13.4. The fourth-order valence-corrected chi connectivity index (χ4v) is 3.82. The summed E-state index contributed by atoms with van der Waals surface area (Å²) in [5.74, 6) is -0.832. The highest BCUT2D eigenvalue weighted by atomic mass is 35.5. The predicted molar refractivity (Wildman–Crippen MR) is 126 cm³/mol. The Bertz CT molecular complexity index is 1200. The van der Waals surface area contributed by atoms with Crippen LogP contribution >= 0.6 is 11.6 Å². The summed E-state index contributed by atoms with van der Waals surface area (Å²) in [5, 5.41) is 3.24. The zero-order valence-electron chi connectivity index (χ0n) is 18.2. The minimum atomic E-state index is -1.04. The first-order chi connectivity index (χ1) is 16.4. The molecule has 0 saturated carbocycles. The highest BCUT2D eigenvalue weighted by molar-refractivity contribution is 6.30. The molecule has 1 atom stereocenters. The van der Waals surface area contributed by atoms with Gasteiger partial charge in [0.15, 0.2) is 0 Å². The van der Waals surface area contributed by atoms with Crippen LogP contribution in [0.3, 0.4) is 0 Å². The molecule has 174 valence electrons. The van der Waals surface area contributed by atoms with E-state index in [0.29, 0.717) is 16.5 Å². The quantitative estimate of drug-likeness (QED) is 0.489. The lowest BCUT2D eigenvalue weighted by Crippen LogP contribution is -2.37. The number of anilines is 2. The topological polar surface area (TPSA) is 79.0 Å². The molecule has 0 spiro atoms. The fourth-order valence-electron chi connectivity index (χ4n) is 3.69. The van der Waals surface area contributed by atoms with E-state index >= 15 is 0 Å². The molecule has 1 saturated heterocycles. The SMILES string of the molecule is COc1ccc(CN2C(=O)N(c3ccc(F)cc3)C(=O)C2CC(=O)Nc2ccc(Cl)cc2)cc1. The van der Waals surface area contributed by atoms with Gasteiger partial charge in [0.25, 0.3) is 5.91 Å². The molecule has 1 heterocycles. The summed E-state index contributed by atoms with van der Waals surface area (Å²) in [6.45, 7) is 0.102. The first-order valence-corrected chi connectivity index (χ1v) is 10.8. The van der Waals surface area contributed by atoms with Crippen molar-refractivity contribution >= 4 is 40.8 Å². The minimum Gasteiger partial charge on any atom is -0.497 e. The first kappa shape index (κ1) is 23.3. The first-order valence-electron chi connectivity index (χ1n) is 10.4. The Labute approximate surface area is 200 Å². The van der Waals surface area contributed by atoms with Crippen LogP contribution in [-0.4, -0.2) is 35.9 Å². The van der Waals surface area contributed by atoms with E-state index in [2.05, 4.69) is 5.32 Å². The van der Waals surface area contributed by atoms with Crippen molar-refractivity contribution in [2.45, 2.75) is 19.0 Å². The number of carbonyl (C=O) groups excluding carboxylic acids is 3. The number of ether oxygens (including phenoxy) is 1. The van der Waals surface area contributed by atoms with Crippen molar-refractivity contribution in [3.8, 4) is 5.75 Å². The molecule has 7 nitrogen and oxygen atoms in total. The van der Waals surface area contributed by atoms with E-state index in [1.54, 1.807) is 55.6 Å². The largest absolute Gasteiger partial charge is 0.497 e. The molecule has 1 unspecified atom stereocenters. The fraction of sp³-hybridized carbons (Fsp3) is 0.160. The molecule has 34 heavy (non-hydrogen) atoms. The van der Waals surface area contributed by atoms with E-state index in [1.807, 2.05) is 0 Å². The van der Waals surface area contributed by atoms with Crippen molar-refractivity contribution in [3.63, 3.8) is 0 Å². The molecule has 4 amide bonds. The Morgan fingerprint density at radius 2 is 1.65 bits per heavy atom. The van der Waals surface area contributed by atoms with Gasteiger partial charge >= 0.3 is 6.03 Å². The van der Waals surface area contributed by atoms with Crippen molar-refractivity contribution in [2.24, 2.45) is 0 Å². The third-order valence-electron chi connectivity index (χ3n) is 5.42. The van der Waals surface area contributed by atoms with Crippen molar-refractivity contribution in [1.29, 1.82) is 0 Å². The number of benzene rings is 3. The number of amides is 4. The summed E-state index contributed by atoms with van der Waals surface area (Å²) in [7, 11) is 1.55. The van der Waals surface area contributed by atoms with Gasteiger partial charge in [0.1, 0.15) is 17.6 Å². The van der Waals surface area contributed by atoms with Crippen molar-refractivity contribution in [2.75, 3.05) is 17.3 Å². The van der Waals surface area contributed by atoms with Gasteiger partial charge in [-0.3, -0.25) is 9.59 Å². The van der Waals surface area contributed by atoms with Crippen LogP contribution in [0.25, 0.3) is 0 Å². The summed E-state index contributed by atoms with van der Waals surface area (Å²) in [6.07, 6.45) is -0.249. The number of hydrogen-bond donors (Lipinski definition) is 1. The summed E-state index contributed by atoms with van der Waals surface area (Å²) < 4.78 is 18.6. The molecule has 0 bridgehead atoms. The third kappa shape index (κ3) is 5.02. The van der Waals surface area contributed by atoms with Gasteiger partial charge in [-0.15, -0.1) is 0 Å². The average Bonchev–Trinajstić information content (AvgIpc) is 3.05. The van der Waals surface area contributed by atoms with Gasteiger partial charge in [0, 0.05) is 17.3 Å². The van der Waals surface area contributed by atoms with Crippen LogP contribution < -0.4 is 15.0 Å². The van der Waals surface area contributed by atoms with Crippen LogP contribution in [0.15, 0.2) is 72.8 Å². The zero-order valence-corrected chi connectivity index (χ0v) is 19.0. The van der Waals surface area contributed by atoms with Crippen molar-refractivity contribution < 1.29 is 23.5 Å². The van der Waals surface area contributed by atoms with E-state index in [1.165, 1.54) is 29.2 Å². The van der Waals surface area contributed by atoms with Crippen LogP contribution in [0, 0.1) is 5.82 Å². The van der Waals surface area contributed by atoms with E-state index in [4.69, 9.17) is 16.3 Å². The highest BCUT2D eigenvalue weighted by Crippen LogP contribution is 2.29. The number of nitrogens with zero attached hydrogens (tertiary/aromatic N) is 2. The maximum Gasteiger partial charge on any atom is 0.332 e. The average molecular weight is 482 g/mol. The monoisotopic (exact) mass is 481 g/mol. The van der Waals surface area contributed by atoms with Crippen LogP contribution in [0.5, 0.6) is 5.75 Å². The lowest BCUT2D eigenvalue weighted by molar-refractivity contribution is -0.124. The number of halogens is 2. The highest BCUT2D eigenvalue weighted by Gasteiger charge is 2.46. The second-order valence-electron chi connectivity index (χ2n) is 7.68. The molecular formula is C25H21ClFN3O4.